The Bertz CT molecular complexity index is 784. The van der Waals surface area contributed by atoms with E-state index in [1.54, 1.807) is 0 Å². The summed E-state index contributed by atoms with van der Waals surface area (Å²) in [6.45, 7) is 3.70. The molecule has 0 saturated heterocycles. The standard InChI is InChI=1S/C39H78NO8P/c1-3-5-7-9-11-12-13-14-15-16-17-18-19-20-21-22-23-24-26-27-29-31-38(41)45-35-37(36-47-49(43,44)46-34-33-40)48-39(42)32-30-28-25-10-8-6-4-2/h37H,3-36,40H2,1-2H3,(H,43,44)/t37-/m0/s1. The van der Waals surface area contributed by atoms with Gasteiger partial charge in [0.15, 0.2) is 6.10 Å². The first-order valence-electron chi connectivity index (χ1n) is 20.5. The van der Waals surface area contributed by atoms with Crippen molar-refractivity contribution in [2.45, 2.75) is 213 Å². The number of carbonyl (C=O) groups excluding carboxylic acids is 2. The molecule has 0 saturated carbocycles. The summed E-state index contributed by atoms with van der Waals surface area (Å²) in [4.78, 5) is 34.6. The van der Waals surface area contributed by atoms with E-state index >= 15 is 0 Å². The second kappa shape index (κ2) is 36.8. The van der Waals surface area contributed by atoms with E-state index in [-0.39, 0.29) is 38.6 Å². The molecule has 0 amide bonds. The Morgan fingerprint density at radius 3 is 1.24 bits per heavy atom. The third-order valence-corrected chi connectivity index (χ3v) is 9.98. The van der Waals surface area contributed by atoms with Crippen molar-refractivity contribution in [2.75, 3.05) is 26.4 Å². The number of nitrogens with two attached hydrogens (primary N) is 1. The molecule has 49 heavy (non-hydrogen) atoms. The number of ether oxygens (including phenoxy) is 2. The van der Waals surface area contributed by atoms with E-state index in [2.05, 4.69) is 13.8 Å². The van der Waals surface area contributed by atoms with Gasteiger partial charge in [0.2, 0.25) is 0 Å². The van der Waals surface area contributed by atoms with Gasteiger partial charge in [0.05, 0.1) is 13.2 Å². The lowest BCUT2D eigenvalue weighted by Gasteiger charge is -2.19. The van der Waals surface area contributed by atoms with E-state index in [4.69, 9.17) is 24.3 Å². The van der Waals surface area contributed by atoms with Crippen LogP contribution in [0.15, 0.2) is 0 Å². The Balaban J connectivity index is 3.94. The fraction of sp³-hybridized carbons (Fsp3) is 0.949. The molecule has 0 bridgehead atoms. The SMILES string of the molecule is CCCCCCCCCCCCCCCCCCCCCCCC(=O)OC[C@@H](COP(=O)(O)OCCN)OC(=O)CCCCCCCCC. The smallest absolute Gasteiger partial charge is 0.462 e. The Kier molecular flexibility index (Phi) is 36.0. The molecule has 1 unspecified atom stereocenters. The predicted molar refractivity (Wildman–Crippen MR) is 201 cm³/mol. The van der Waals surface area contributed by atoms with Crippen molar-refractivity contribution in [3.05, 3.63) is 0 Å². The first-order valence-corrected chi connectivity index (χ1v) is 22.0. The van der Waals surface area contributed by atoms with Crippen LogP contribution in [-0.2, 0) is 32.7 Å². The van der Waals surface area contributed by atoms with Crippen LogP contribution >= 0.6 is 7.82 Å². The summed E-state index contributed by atoms with van der Waals surface area (Å²) in [7, 11) is -4.36. The van der Waals surface area contributed by atoms with Gasteiger partial charge in [0, 0.05) is 19.4 Å². The minimum Gasteiger partial charge on any atom is -0.462 e. The summed E-state index contributed by atoms with van der Waals surface area (Å²) in [5.74, 6) is -0.823. The summed E-state index contributed by atoms with van der Waals surface area (Å²) < 4.78 is 32.6. The van der Waals surface area contributed by atoms with Crippen LogP contribution in [0.5, 0.6) is 0 Å². The van der Waals surface area contributed by atoms with Crippen LogP contribution in [0, 0.1) is 0 Å². The molecule has 9 nitrogen and oxygen atoms in total. The molecule has 0 heterocycles. The van der Waals surface area contributed by atoms with Crippen LogP contribution in [0.25, 0.3) is 0 Å². The Morgan fingerprint density at radius 1 is 0.531 bits per heavy atom. The van der Waals surface area contributed by atoms with E-state index in [1.807, 2.05) is 0 Å². The second-order valence-corrected chi connectivity index (χ2v) is 15.3. The number of esters is 2. The van der Waals surface area contributed by atoms with Crippen molar-refractivity contribution in [3.8, 4) is 0 Å². The number of phosphoric acid groups is 1. The van der Waals surface area contributed by atoms with Crippen LogP contribution in [0.2, 0.25) is 0 Å². The van der Waals surface area contributed by atoms with Gasteiger partial charge in [-0.1, -0.05) is 181 Å². The van der Waals surface area contributed by atoms with Crippen LogP contribution in [-0.4, -0.2) is 49.3 Å². The van der Waals surface area contributed by atoms with Gasteiger partial charge in [0.1, 0.15) is 6.61 Å². The summed E-state index contributed by atoms with van der Waals surface area (Å²) in [5, 5.41) is 0. The summed E-state index contributed by atoms with van der Waals surface area (Å²) >= 11 is 0. The second-order valence-electron chi connectivity index (χ2n) is 13.9. The predicted octanol–water partition coefficient (Wildman–Crippen LogP) is 11.3. The van der Waals surface area contributed by atoms with E-state index in [1.165, 1.54) is 135 Å². The summed E-state index contributed by atoms with van der Waals surface area (Å²) in [6, 6.07) is 0. The molecule has 0 spiro atoms. The maximum Gasteiger partial charge on any atom is 0.472 e. The molecule has 292 valence electrons. The molecule has 2 atom stereocenters. The largest absolute Gasteiger partial charge is 0.472 e. The number of hydrogen-bond donors (Lipinski definition) is 2. The summed E-state index contributed by atoms with van der Waals surface area (Å²) in [6.07, 6.45) is 34.5. The maximum absolute atomic E-state index is 12.4. The van der Waals surface area contributed by atoms with Gasteiger partial charge in [-0.25, -0.2) is 4.57 Å². The Morgan fingerprint density at radius 2 is 0.878 bits per heavy atom. The quantitative estimate of drug-likeness (QED) is 0.0361. The number of carbonyl (C=O) groups is 2. The Hall–Kier alpha value is -0.990. The lowest BCUT2D eigenvalue weighted by molar-refractivity contribution is -0.161. The zero-order valence-corrected chi connectivity index (χ0v) is 32.8. The molecule has 10 heteroatoms. The van der Waals surface area contributed by atoms with Gasteiger partial charge < -0.3 is 20.1 Å². The number of hydrogen-bond acceptors (Lipinski definition) is 8. The molecule has 3 N–H and O–H groups in total. The third kappa shape index (κ3) is 36.6. The minimum atomic E-state index is -4.36. The molecule has 0 radical (unpaired) electrons. The number of phosphoric ester groups is 1. The highest BCUT2D eigenvalue weighted by atomic mass is 31.2. The molecular formula is C39H78NO8P. The summed E-state index contributed by atoms with van der Waals surface area (Å²) in [5.41, 5.74) is 5.32. The normalized spacial score (nSPS) is 13.3. The van der Waals surface area contributed by atoms with Crippen molar-refractivity contribution < 1.29 is 37.6 Å². The van der Waals surface area contributed by atoms with Gasteiger partial charge in [-0.2, -0.15) is 0 Å². The highest BCUT2D eigenvalue weighted by Crippen LogP contribution is 2.43. The van der Waals surface area contributed by atoms with Gasteiger partial charge >= 0.3 is 19.8 Å². The van der Waals surface area contributed by atoms with Gasteiger partial charge in [-0.05, 0) is 12.8 Å². The van der Waals surface area contributed by atoms with E-state index in [0.29, 0.717) is 6.42 Å². The molecule has 0 fully saturated rings. The van der Waals surface area contributed by atoms with Crippen LogP contribution in [0.4, 0.5) is 0 Å². The van der Waals surface area contributed by atoms with E-state index in [9.17, 15) is 19.0 Å². The van der Waals surface area contributed by atoms with Crippen molar-refractivity contribution in [1.29, 1.82) is 0 Å². The topological polar surface area (TPSA) is 134 Å². The van der Waals surface area contributed by atoms with Crippen molar-refractivity contribution in [3.63, 3.8) is 0 Å². The molecule has 0 aromatic rings. The van der Waals surface area contributed by atoms with Crippen molar-refractivity contribution in [2.24, 2.45) is 5.73 Å². The monoisotopic (exact) mass is 720 g/mol. The molecule has 0 aliphatic carbocycles. The maximum atomic E-state index is 12.4. The van der Waals surface area contributed by atoms with Crippen LogP contribution in [0.3, 0.4) is 0 Å². The molecular weight excluding hydrogens is 641 g/mol. The molecule has 0 aliphatic rings. The minimum absolute atomic E-state index is 0.0575. The van der Waals surface area contributed by atoms with Crippen LogP contribution in [0.1, 0.15) is 206 Å². The van der Waals surface area contributed by atoms with Gasteiger partial charge in [0.25, 0.3) is 0 Å². The highest BCUT2D eigenvalue weighted by Gasteiger charge is 2.26. The average Bonchev–Trinajstić information content (AvgIpc) is 3.08. The first-order chi connectivity index (χ1) is 23.8. The highest BCUT2D eigenvalue weighted by molar-refractivity contribution is 7.47. The lowest BCUT2D eigenvalue weighted by atomic mass is 10.0. The molecule has 0 rings (SSSR count). The molecule has 0 aromatic heterocycles. The Labute approximate surface area is 301 Å². The van der Waals surface area contributed by atoms with Gasteiger partial charge in [-0.15, -0.1) is 0 Å². The van der Waals surface area contributed by atoms with Crippen molar-refractivity contribution in [1.82, 2.24) is 0 Å². The van der Waals surface area contributed by atoms with Crippen LogP contribution < -0.4 is 5.73 Å². The third-order valence-electron chi connectivity index (χ3n) is 8.99. The lowest BCUT2D eigenvalue weighted by Crippen LogP contribution is -2.29. The molecule has 0 aliphatic heterocycles. The number of rotatable bonds is 39. The average molecular weight is 720 g/mol. The van der Waals surface area contributed by atoms with Crippen molar-refractivity contribution >= 4 is 19.8 Å². The van der Waals surface area contributed by atoms with Gasteiger partial charge in [-0.3, -0.25) is 18.6 Å². The zero-order valence-electron chi connectivity index (χ0n) is 31.9. The molecule has 0 aromatic carbocycles. The first kappa shape index (κ1) is 48.0. The van der Waals surface area contributed by atoms with E-state index in [0.717, 1.165) is 38.5 Å². The zero-order chi connectivity index (χ0) is 36.1. The fourth-order valence-corrected chi connectivity index (χ4v) is 6.69. The van der Waals surface area contributed by atoms with E-state index < -0.39 is 26.5 Å². The fourth-order valence-electron chi connectivity index (χ4n) is 5.93. The number of unbranched alkanes of at least 4 members (excludes halogenated alkanes) is 26.